The summed E-state index contributed by atoms with van der Waals surface area (Å²) in [5.41, 5.74) is -0.243. The van der Waals surface area contributed by atoms with Gasteiger partial charge in [-0.3, -0.25) is 10.1 Å². The molecule has 1 amide bonds. The number of benzene rings is 1. The molecule has 0 aliphatic carbocycles. The minimum atomic E-state index is -1.60. The van der Waals surface area contributed by atoms with Crippen LogP contribution in [0.1, 0.15) is 5.56 Å². The maximum Gasteiger partial charge on any atom is 0.231 e. The Labute approximate surface area is 106 Å². The highest BCUT2D eigenvalue weighted by atomic mass is 19.2. The van der Waals surface area contributed by atoms with Crippen LogP contribution >= 0.6 is 0 Å². The first-order chi connectivity index (χ1) is 9.08. The lowest BCUT2D eigenvalue weighted by Gasteiger charge is -2.05. The number of nitrogens with zero attached hydrogens (tertiary/aromatic N) is 2. The average molecular weight is 267 g/mol. The molecule has 1 aromatic carbocycles. The summed E-state index contributed by atoms with van der Waals surface area (Å²) < 4.78 is 39.0. The zero-order valence-corrected chi connectivity index (χ0v) is 9.53. The first-order valence-electron chi connectivity index (χ1n) is 5.27. The maximum absolute atomic E-state index is 13.3. The van der Waals surface area contributed by atoms with E-state index < -0.39 is 29.8 Å². The Morgan fingerprint density at radius 1 is 1.11 bits per heavy atom. The predicted molar refractivity (Wildman–Crippen MR) is 60.7 cm³/mol. The largest absolute Gasteiger partial charge is 0.294 e. The van der Waals surface area contributed by atoms with Gasteiger partial charge in [-0.05, 0) is 12.1 Å². The van der Waals surface area contributed by atoms with E-state index in [9.17, 15) is 18.0 Å². The number of nitrogens with one attached hydrogen (secondary N) is 1. The van der Waals surface area contributed by atoms with E-state index in [4.69, 9.17) is 0 Å². The molecule has 1 aromatic heterocycles. The number of hydrogen-bond acceptors (Lipinski definition) is 3. The number of hydrogen-bond donors (Lipinski definition) is 1. The van der Waals surface area contributed by atoms with Crippen LogP contribution in [0.15, 0.2) is 30.6 Å². The van der Waals surface area contributed by atoms with Gasteiger partial charge in [0.2, 0.25) is 11.9 Å². The van der Waals surface area contributed by atoms with Crippen molar-refractivity contribution in [2.24, 2.45) is 0 Å². The van der Waals surface area contributed by atoms with E-state index >= 15 is 0 Å². The first-order valence-corrected chi connectivity index (χ1v) is 5.27. The van der Waals surface area contributed by atoms with Crippen molar-refractivity contribution in [1.29, 1.82) is 0 Å². The van der Waals surface area contributed by atoms with E-state index in [1.54, 1.807) is 6.07 Å². The van der Waals surface area contributed by atoms with Gasteiger partial charge in [-0.25, -0.2) is 23.1 Å². The molecule has 1 N–H and O–H groups in total. The van der Waals surface area contributed by atoms with Crippen LogP contribution in [0.4, 0.5) is 19.1 Å². The molecule has 7 heteroatoms. The van der Waals surface area contributed by atoms with Gasteiger partial charge < -0.3 is 0 Å². The van der Waals surface area contributed by atoms with Crippen molar-refractivity contribution < 1.29 is 18.0 Å². The Hall–Kier alpha value is -2.44. The fourth-order valence-corrected chi connectivity index (χ4v) is 1.41. The number of rotatable bonds is 3. The van der Waals surface area contributed by atoms with Gasteiger partial charge in [0.05, 0.1) is 6.42 Å². The third-order valence-corrected chi connectivity index (χ3v) is 2.28. The van der Waals surface area contributed by atoms with Crippen LogP contribution < -0.4 is 5.32 Å². The van der Waals surface area contributed by atoms with Gasteiger partial charge in [0.1, 0.15) is 0 Å². The van der Waals surface area contributed by atoms with Gasteiger partial charge in [0, 0.05) is 18.0 Å². The Balaban J connectivity index is 2.10. The van der Waals surface area contributed by atoms with Gasteiger partial charge in [-0.1, -0.05) is 6.07 Å². The normalized spacial score (nSPS) is 10.3. The van der Waals surface area contributed by atoms with Crippen LogP contribution in [0.2, 0.25) is 0 Å². The maximum atomic E-state index is 13.3. The molecule has 0 unspecified atom stereocenters. The summed E-state index contributed by atoms with van der Waals surface area (Å²) >= 11 is 0. The van der Waals surface area contributed by atoms with Crippen molar-refractivity contribution in [2.45, 2.75) is 6.42 Å². The van der Waals surface area contributed by atoms with E-state index in [1.807, 2.05) is 0 Å². The van der Waals surface area contributed by atoms with Crippen LogP contribution in [0, 0.1) is 17.5 Å². The zero-order valence-electron chi connectivity index (χ0n) is 9.53. The van der Waals surface area contributed by atoms with Crippen molar-refractivity contribution in [3.05, 3.63) is 53.6 Å². The molecule has 2 rings (SSSR count). The summed E-state index contributed by atoms with van der Waals surface area (Å²) in [6, 6.07) is 3.34. The predicted octanol–water partition coefficient (Wildman–Crippen LogP) is 2.08. The smallest absolute Gasteiger partial charge is 0.231 e. The second-order valence-electron chi connectivity index (χ2n) is 3.63. The minimum absolute atomic E-state index is 0.0514. The molecule has 0 aliphatic heterocycles. The summed E-state index contributed by atoms with van der Waals surface area (Å²) in [5.74, 6) is -4.84. The lowest BCUT2D eigenvalue weighted by molar-refractivity contribution is -0.115. The Morgan fingerprint density at radius 3 is 2.47 bits per heavy atom. The average Bonchev–Trinajstić information content (AvgIpc) is 2.41. The van der Waals surface area contributed by atoms with E-state index in [-0.39, 0.29) is 11.5 Å². The monoisotopic (exact) mass is 267 g/mol. The molecule has 4 nitrogen and oxygen atoms in total. The van der Waals surface area contributed by atoms with Gasteiger partial charge in [-0.2, -0.15) is 0 Å². The number of halogens is 3. The highest BCUT2D eigenvalue weighted by Gasteiger charge is 2.16. The van der Waals surface area contributed by atoms with Crippen molar-refractivity contribution >= 4 is 11.9 Å². The Bertz CT molecular complexity index is 605. The van der Waals surface area contributed by atoms with E-state index in [2.05, 4.69) is 15.3 Å². The van der Waals surface area contributed by atoms with Crippen LogP contribution in [0.25, 0.3) is 0 Å². The second-order valence-corrected chi connectivity index (χ2v) is 3.63. The van der Waals surface area contributed by atoms with Gasteiger partial charge in [-0.15, -0.1) is 0 Å². The third kappa shape index (κ3) is 3.06. The summed E-state index contributed by atoms with van der Waals surface area (Å²) in [4.78, 5) is 19.0. The van der Waals surface area contributed by atoms with Gasteiger partial charge in [0.15, 0.2) is 17.5 Å². The number of anilines is 1. The summed E-state index contributed by atoms with van der Waals surface area (Å²) in [6.45, 7) is 0. The quantitative estimate of drug-likeness (QED) is 0.866. The standard InChI is InChI=1S/C12H8F3N3O/c13-8-3-2-7(10(14)11(8)15)6-9(19)18-12-16-4-1-5-17-12/h1-5H,6H2,(H,16,17,18,19). The lowest BCUT2D eigenvalue weighted by Crippen LogP contribution is -2.17. The zero-order chi connectivity index (χ0) is 13.8. The molecular weight excluding hydrogens is 259 g/mol. The Kier molecular flexibility index (Phi) is 3.74. The molecule has 98 valence electrons. The molecule has 0 saturated heterocycles. The molecule has 0 atom stereocenters. The van der Waals surface area contributed by atoms with Crippen molar-refractivity contribution in [1.82, 2.24) is 9.97 Å². The fourth-order valence-electron chi connectivity index (χ4n) is 1.41. The van der Waals surface area contributed by atoms with Crippen LogP contribution in [0.3, 0.4) is 0 Å². The molecule has 0 fully saturated rings. The SMILES string of the molecule is O=C(Cc1ccc(F)c(F)c1F)Nc1ncccn1. The number of carbonyl (C=O) groups excluding carboxylic acids is 1. The van der Waals surface area contributed by atoms with Crippen LogP contribution in [-0.4, -0.2) is 15.9 Å². The van der Waals surface area contributed by atoms with Gasteiger partial charge >= 0.3 is 0 Å². The Morgan fingerprint density at radius 2 is 1.79 bits per heavy atom. The summed E-state index contributed by atoms with van der Waals surface area (Å²) in [5, 5.41) is 2.31. The number of aromatic nitrogens is 2. The van der Waals surface area contributed by atoms with Crippen molar-refractivity contribution in [3.8, 4) is 0 Å². The molecule has 0 spiro atoms. The molecule has 0 aliphatic rings. The second kappa shape index (κ2) is 5.47. The number of amides is 1. The van der Waals surface area contributed by atoms with E-state index in [1.165, 1.54) is 12.4 Å². The molecule has 0 radical (unpaired) electrons. The van der Waals surface area contributed by atoms with E-state index in [0.717, 1.165) is 12.1 Å². The topological polar surface area (TPSA) is 54.9 Å². The van der Waals surface area contributed by atoms with Crippen molar-refractivity contribution in [3.63, 3.8) is 0 Å². The molecule has 1 heterocycles. The van der Waals surface area contributed by atoms with Crippen LogP contribution in [0.5, 0.6) is 0 Å². The molecule has 19 heavy (non-hydrogen) atoms. The number of carbonyl (C=O) groups is 1. The molecular formula is C12H8F3N3O. The summed E-state index contributed by atoms with van der Waals surface area (Å²) in [7, 11) is 0. The van der Waals surface area contributed by atoms with E-state index in [0.29, 0.717) is 0 Å². The highest BCUT2D eigenvalue weighted by molar-refractivity contribution is 5.90. The molecule has 2 aromatic rings. The van der Waals surface area contributed by atoms with Crippen molar-refractivity contribution in [2.75, 3.05) is 5.32 Å². The highest BCUT2D eigenvalue weighted by Crippen LogP contribution is 2.15. The van der Waals surface area contributed by atoms with Crippen LogP contribution in [-0.2, 0) is 11.2 Å². The molecule has 0 saturated carbocycles. The summed E-state index contributed by atoms with van der Waals surface area (Å²) in [6.07, 6.45) is 2.39. The van der Waals surface area contributed by atoms with Gasteiger partial charge in [0.25, 0.3) is 0 Å². The molecule has 0 bridgehead atoms. The lowest BCUT2D eigenvalue weighted by atomic mass is 10.1. The minimum Gasteiger partial charge on any atom is -0.294 e. The third-order valence-electron chi connectivity index (χ3n) is 2.28. The first kappa shape index (κ1) is 13.0. The fraction of sp³-hybridized carbons (Fsp3) is 0.0833.